The summed E-state index contributed by atoms with van der Waals surface area (Å²) in [6, 6.07) is 8.72. The van der Waals surface area contributed by atoms with Gasteiger partial charge in [-0.2, -0.15) is 0 Å². The van der Waals surface area contributed by atoms with Gasteiger partial charge in [0.2, 0.25) is 0 Å². The second-order valence-corrected chi connectivity index (χ2v) is 5.82. The molecule has 0 aromatic heterocycles. The molecule has 0 bridgehead atoms. The van der Waals surface area contributed by atoms with Crippen LogP contribution in [-0.4, -0.2) is 19.7 Å². The van der Waals surface area contributed by atoms with Crippen LogP contribution in [0.3, 0.4) is 0 Å². The van der Waals surface area contributed by atoms with Gasteiger partial charge in [0.05, 0.1) is 7.11 Å². The molecule has 1 aromatic rings. The molecule has 1 atom stereocenters. The van der Waals surface area contributed by atoms with Crippen LogP contribution in [0.25, 0.3) is 0 Å². The monoisotopic (exact) mass is 249 g/mol. The molecule has 18 heavy (non-hydrogen) atoms. The van der Waals surface area contributed by atoms with Gasteiger partial charge in [0.15, 0.2) is 0 Å². The fourth-order valence-corrected chi connectivity index (χ4v) is 1.85. The van der Waals surface area contributed by atoms with Gasteiger partial charge in [0.25, 0.3) is 0 Å². The average Bonchev–Trinajstić information content (AvgIpc) is 2.37. The van der Waals surface area contributed by atoms with E-state index in [9.17, 15) is 0 Å². The minimum Gasteiger partial charge on any atom is -0.496 e. The van der Waals surface area contributed by atoms with Crippen molar-refractivity contribution >= 4 is 0 Å². The van der Waals surface area contributed by atoms with Crippen molar-refractivity contribution in [3.05, 3.63) is 29.8 Å². The molecule has 0 fully saturated rings. The predicted octanol–water partition coefficient (Wildman–Crippen LogP) is 3.65. The first kappa shape index (κ1) is 15.0. The number of ether oxygens (including phenoxy) is 1. The summed E-state index contributed by atoms with van der Waals surface area (Å²) in [6.07, 6.45) is 2.20. The quantitative estimate of drug-likeness (QED) is 0.796. The lowest BCUT2D eigenvalue weighted by atomic mass is 9.90. The molecule has 0 aliphatic heterocycles. The van der Waals surface area contributed by atoms with Crippen LogP contribution in [-0.2, 0) is 6.42 Å². The third-order valence-corrected chi connectivity index (χ3v) is 3.60. The number of nitrogens with one attached hydrogen (secondary N) is 1. The van der Waals surface area contributed by atoms with Crippen LogP contribution in [0, 0.1) is 5.41 Å². The van der Waals surface area contributed by atoms with Gasteiger partial charge in [-0.3, -0.25) is 0 Å². The van der Waals surface area contributed by atoms with Crippen molar-refractivity contribution in [1.29, 1.82) is 0 Å². The second-order valence-electron chi connectivity index (χ2n) is 5.82. The van der Waals surface area contributed by atoms with E-state index in [-0.39, 0.29) is 0 Å². The normalized spacial score (nSPS) is 13.4. The van der Waals surface area contributed by atoms with Gasteiger partial charge < -0.3 is 10.1 Å². The second kappa shape index (κ2) is 6.79. The average molecular weight is 249 g/mol. The number of para-hydroxylation sites is 1. The van der Waals surface area contributed by atoms with Crippen LogP contribution in [0.4, 0.5) is 0 Å². The molecule has 2 nitrogen and oxygen atoms in total. The molecule has 2 heteroatoms. The Kier molecular flexibility index (Phi) is 5.67. The van der Waals surface area contributed by atoms with E-state index in [1.807, 2.05) is 12.1 Å². The minimum atomic E-state index is 0.370. The topological polar surface area (TPSA) is 21.3 Å². The number of hydrogen-bond acceptors (Lipinski definition) is 2. The van der Waals surface area contributed by atoms with Crippen molar-refractivity contribution in [2.45, 2.75) is 46.6 Å². The SMILES string of the molecule is CCC(C)(C)CNC(C)Cc1ccccc1OC. The van der Waals surface area contributed by atoms with E-state index in [0.717, 1.165) is 18.7 Å². The molecule has 1 rings (SSSR count). The summed E-state index contributed by atoms with van der Waals surface area (Å²) in [7, 11) is 1.73. The van der Waals surface area contributed by atoms with Gasteiger partial charge in [0, 0.05) is 12.6 Å². The van der Waals surface area contributed by atoms with Crippen molar-refractivity contribution in [2.24, 2.45) is 5.41 Å². The van der Waals surface area contributed by atoms with Crippen LogP contribution in [0.5, 0.6) is 5.75 Å². The summed E-state index contributed by atoms with van der Waals surface area (Å²) in [5.74, 6) is 0.987. The number of methoxy groups -OCH3 is 1. The lowest BCUT2D eigenvalue weighted by Crippen LogP contribution is -2.36. The van der Waals surface area contributed by atoms with E-state index in [4.69, 9.17) is 4.74 Å². The molecule has 102 valence electrons. The summed E-state index contributed by atoms with van der Waals surface area (Å²) in [4.78, 5) is 0. The van der Waals surface area contributed by atoms with Gasteiger partial charge >= 0.3 is 0 Å². The summed E-state index contributed by atoms with van der Waals surface area (Å²) in [5, 5.41) is 3.62. The van der Waals surface area contributed by atoms with E-state index < -0.39 is 0 Å². The Hall–Kier alpha value is -1.02. The highest BCUT2D eigenvalue weighted by molar-refractivity contribution is 5.33. The Balaban J connectivity index is 2.52. The van der Waals surface area contributed by atoms with Gasteiger partial charge in [0.1, 0.15) is 5.75 Å². The van der Waals surface area contributed by atoms with Gasteiger partial charge in [-0.25, -0.2) is 0 Å². The van der Waals surface area contributed by atoms with Crippen molar-refractivity contribution in [3.63, 3.8) is 0 Å². The molecule has 0 saturated heterocycles. The molecular formula is C16H27NO. The van der Waals surface area contributed by atoms with Gasteiger partial charge in [-0.15, -0.1) is 0 Å². The smallest absolute Gasteiger partial charge is 0.122 e. The highest BCUT2D eigenvalue weighted by atomic mass is 16.5. The molecule has 0 aliphatic rings. The summed E-state index contributed by atoms with van der Waals surface area (Å²) in [6.45, 7) is 10.1. The van der Waals surface area contributed by atoms with Crippen molar-refractivity contribution in [1.82, 2.24) is 5.32 Å². The fourth-order valence-electron chi connectivity index (χ4n) is 1.85. The molecule has 0 spiro atoms. The zero-order valence-electron chi connectivity index (χ0n) is 12.4. The van der Waals surface area contributed by atoms with E-state index in [1.54, 1.807) is 7.11 Å². The highest BCUT2D eigenvalue weighted by Gasteiger charge is 2.16. The number of benzene rings is 1. The Labute approximate surface area is 112 Å². The molecule has 0 amide bonds. The van der Waals surface area contributed by atoms with E-state index in [1.165, 1.54) is 12.0 Å². The first-order chi connectivity index (χ1) is 8.48. The summed E-state index contributed by atoms with van der Waals surface area (Å²) >= 11 is 0. The fraction of sp³-hybridized carbons (Fsp3) is 0.625. The van der Waals surface area contributed by atoms with Crippen LogP contribution in [0.1, 0.15) is 39.7 Å². The third-order valence-electron chi connectivity index (χ3n) is 3.60. The van der Waals surface area contributed by atoms with E-state index >= 15 is 0 Å². The number of rotatable bonds is 7. The zero-order valence-corrected chi connectivity index (χ0v) is 12.4. The molecule has 0 saturated carbocycles. The molecule has 0 aliphatic carbocycles. The maximum Gasteiger partial charge on any atom is 0.122 e. The van der Waals surface area contributed by atoms with E-state index in [2.05, 4.69) is 45.1 Å². The van der Waals surface area contributed by atoms with Crippen LogP contribution in [0.2, 0.25) is 0 Å². The standard InChI is InChI=1S/C16H27NO/c1-6-16(3,4)12-17-13(2)11-14-9-7-8-10-15(14)18-5/h7-10,13,17H,6,11-12H2,1-5H3. The van der Waals surface area contributed by atoms with E-state index in [0.29, 0.717) is 11.5 Å². The van der Waals surface area contributed by atoms with Gasteiger partial charge in [-0.05, 0) is 36.8 Å². The Morgan fingerprint density at radius 1 is 1.28 bits per heavy atom. The maximum absolute atomic E-state index is 5.39. The van der Waals surface area contributed by atoms with Crippen molar-refractivity contribution in [3.8, 4) is 5.75 Å². The van der Waals surface area contributed by atoms with Crippen LogP contribution < -0.4 is 10.1 Å². The summed E-state index contributed by atoms with van der Waals surface area (Å²) in [5.41, 5.74) is 1.64. The predicted molar refractivity (Wildman–Crippen MR) is 78.2 cm³/mol. The first-order valence-corrected chi connectivity index (χ1v) is 6.84. The van der Waals surface area contributed by atoms with Crippen LogP contribution >= 0.6 is 0 Å². The number of hydrogen-bond donors (Lipinski definition) is 1. The lowest BCUT2D eigenvalue weighted by Gasteiger charge is -2.26. The Bertz CT molecular complexity index is 360. The Morgan fingerprint density at radius 2 is 1.94 bits per heavy atom. The lowest BCUT2D eigenvalue weighted by molar-refractivity contribution is 0.311. The van der Waals surface area contributed by atoms with Crippen molar-refractivity contribution < 1.29 is 4.74 Å². The third kappa shape index (κ3) is 4.69. The molecular weight excluding hydrogens is 222 g/mol. The van der Waals surface area contributed by atoms with Gasteiger partial charge in [-0.1, -0.05) is 39.0 Å². The highest BCUT2D eigenvalue weighted by Crippen LogP contribution is 2.20. The first-order valence-electron chi connectivity index (χ1n) is 6.84. The molecule has 0 radical (unpaired) electrons. The van der Waals surface area contributed by atoms with Crippen molar-refractivity contribution in [2.75, 3.05) is 13.7 Å². The minimum absolute atomic E-state index is 0.370. The molecule has 1 N–H and O–H groups in total. The molecule has 1 aromatic carbocycles. The Morgan fingerprint density at radius 3 is 2.56 bits per heavy atom. The molecule has 1 unspecified atom stereocenters. The zero-order chi connectivity index (χ0) is 13.6. The maximum atomic E-state index is 5.39. The summed E-state index contributed by atoms with van der Waals surface area (Å²) < 4.78 is 5.39. The van der Waals surface area contributed by atoms with Crippen LogP contribution in [0.15, 0.2) is 24.3 Å². The largest absolute Gasteiger partial charge is 0.496 e. The molecule has 0 heterocycles.